The zero-order valence-corrected chi connectivity index (χ0v) is 19.8. The quantitative estimate of drug-likeness (QED) is 0.207. The van der Waals surface area contributed by atoms with E-state index in [0.717, 1.165) is 11.3 Å². The summed E-state index contributed by atoms with van der Waals surface area (Å²) in [4.78, 5) is 0. The van der Waals surface area contributed by atoms with Gasteiger partial charge in [0.1, 0.15) is 11.5 Å². The van der Waals surface area contributed by atoms with Crippen LogP contribution in [0.15, 0.2) is 109 Å². The molecule has 4 aromatic carbocycles. The molecular formula is C30H27ClO3. The predicted octanol–water partition coefficient (Wildman–Crippen LogP) is 7.50. The lowest BCUT2D eigenvalue weighted by molar-refractivity contribution is -0.113. The lowest BCUT2D eigenvalue weighted by atomic mass is 9.76. The molecule has 0 N–H and O–H groups in total. The molecule has 3 unspecified atom stereocenters. The monoisotopic (exact) mass is 470 g/mol. The number of hydrogen-bond donors (Lipinski definition) is 0. The lowest BCUT2D eigenvalue weighted by Crippen LogP contribution is -2.28. The third-order valence-electron chi connectivity index (χ3n) is 6.18. The number of alkyl halides is 1. The van der Waals surface area contributed by atoms with E-state index in [1.165, 1.54) is 16.7 Å². The average molecular weight is 471 g/mol. The number of para-hydroxylation sites is 1. The molecule has 0 saturated carbocycles. The zero-order valence-electron chi connectivity index (χ0n) is 19.1. The van der Waals surface area contributed by atoms with Crippen molar-refractivity contribution < 1.29 is 14.2 Å². The van der Waals surface area contributed by atoms with E-state index in [2.05, 4.69) is 48.5 Å². The first-order chi connectivity index (χ1) is 16.6. The number of rotatable bonds is 7. The smallest absolute Gasteiger partial charge is 0.287 e. The molecule has 0 radical (unpaired) electrons. The fourth-order valence-electron chi connectivity index (χ4n) is 4.53. The number of hydrogen-bond acceptors (Lipinski definition) is 3. The standard InChI is InChI=1S/C30H27ClO3/c1-30(31,33-20-22-10-4-2-5-11-22)34-25-18-16-24(17-19-25)29-26-14-8-9-15-28(26)32-21-27(29)23-12-6-3-7-13-23/h2-19,27,29H,20-21H2,1H3. The van der Waals surface area contributed by atoms with Gasteiger partial charge in [-0.1, -0.05) is 91.0 Å². The van der Waals surface area contributed by atoms with Gasteiger partial charge in [-0.25, -0.2) is 0 Å². The molecule has 1 heterocycles. The highest BCUT2D eigenvalue weighted by molar-refractivity contribution is 6.21. The van der Waals surface area contributed by atoms with Crippen LogP contribution in [0.25, 0.3) is 0 Å². The normalized spacial score (nSPS) is 18.9. The van der Waals surface area contributed by atoms with Gasteiger partial charge in [0.15, 0.2) is 0 Å². The Morgan fingerprint density at radius 3 is 2.18 bits per heavy atom. The molecule has 4 heteroatoms. The van der Waals surface area contributed by atoms with Crippen LogP contribution in [0.1, 0.15) is 41.0 Å². The largest absolute Gasteiger partial charge is 0.493 e. The molecule has 0 bridgehead atoms. The molecule has 0 fully saturated rings. The minimum atomic E-state index is -1.27. The summed E-state index contributed by atoms with van der Waals surface area (Å²) in [7, 11) is 0. The van der Waals surface area contributed by atoms with Crippen LogP contribution in [0.2, 0.25) is 0 Å². The molecule has 3 nitrogen and oxygen atoms in total. The fraction of sp³-hybridized carbons (Fsp3) is 0.200. The van der Waals surface area contributed by atoms with Crippen molar-refractivity contribution in [3.05, 3.63) is 131 Å². The van der Waals surface area contributed by atoms with Crippen molar-refractivity contribution in [1.29, 1.82) is 0 Å². The molecule has 0 spiro atoms. The molecule has 0 amide bonds. The first-order valence-electron chi connectivity index (χ1n) is 11.5. The highest BCUT2D eigenvalue weighted by Crippen LogP contribution is 2.46. The van der Waals surface area contributed by atoms with E-state index in [4.69, 9.17) is 25.8 Å². The summed E-state index contributed by atoms with van der Waals surface area (Å²) in [5.74, 6) is 2.00. The molecule has 172 valence electrons. The molecule has 1 aliphatic rings. The van der Waals surface area contributed by atoms with Gasteiger partial charge in [0.2, 0.25) is 0 Å². The summed E-state index contributed by atoms with van der Waals surface area (Å²) in [5, 5.41) is -1.27. The molecular weight excluding hydrogens is 444 g/mol. The van der Waals surface area contributed by atoms with Crippen molar-refractivity contribution in [2.45, 2.75) is 30.6 Å². The van der Waals surface area contributed by atoms with E-state index < -0.39 is 5.25 Å². The summed E-state index contributed by atoms with van der Waals surface area (Å²) < 4.78 is 17.9. The third kappa shape index (κ3) is 5.11. The molecule has 4 aromatic rings. The number of halogens is 1. The second kappa shape index (κ2) is 9.92. The summed E-state index contributed by atoms with van der Waals surface area (Å²) >= 11 is 6.52. The Morgan fingerprint density at radius 1 is 0.794 bits per heavy atom. The van der Waals surface area contributed by atoms with Gasteiger partial charge in [0.05, 0.1) is 13.2 Å². The number of ether oxygens (including phenoxy) is 3. The fourth-order valence-corrected chi connectivity index (χ4v) is 4.68. The second-order valence-corrected chi connectivity index (χ2v) is 9.31. The van der Waals surface area contributed by atoms with Gasteiger partial charge in [-0.3, -0.25) is 0 Å². The first-order valence-corrected chi connectivity index (χ1v) is 11.9. The van der Waals surface area contributed by atoms with Gasteiger partial charge in [0.25, 0.3) is 5.25 Å². The van der Waals surface area contributed by atoms with E-state index >= 15 is 0 Å². The Balaban J connectivity index is 1.36. The molecule has 0 saturated heterocycles. The average Bonchev–Trinajstić information content (AvgIpc) is 2.88. The summed E-state index contributed by atoms with van der Waals surface area (Å²) in [6.07, 6.45) is 0. The van der Waals surface area contributed by atoms with Gasteiger partial charge in [-0.2, -0.15) is 0 Å². The minimum Gasteiger partial charge on any atom is -0.493 e. The Hall–Kier alpha value is -3.27. The Labute approximate surface area is 205 Å². The Morgan fingerprint density at radius 2 is 1.44 bits per heavy atom. The van der Waals surface area contributed by atoms with E-state index in [0.29, 0.717) is 19.0 Å². The summed E-state index contributed by atoms with van der Waals surface area (Å²) in [6, 6.07) is 36.9. The minimum absolute atomic E-state index is 0.179. The molecule has 5 rings (SSSR count). The molecule has 0 aliphatic carbocycles. The summed E-state index contributed by atoms with van der Waals surface area (Å²) in [5.41, 5.74) is 4.71. The van der Waals surface area contributed by atoms with Crippen LogP contribution in [0.4, 0.5) is 0 Å². The molecule has 1 aliphatic heterocycles. The highest BCUT2D eigenvalue weighted by Gasteiger charge is 2.33. The first kappa shape index (κ1) is 22.5. The van der Waals surface area contributed by atoms with Crippen molar-refractivity contribution in [3.8, 4) is 11.5 Å². The van der Waals surface area contributed by atoms with Crippen LogP contribution < -0.4 is 9.47 Å². The van der Waals surface area contributed by atoms with Crippen molar-refractivity contribution in [3.63, 3.8) is 0 Å². The second-order valence-electron chi connectivity index (χ2n) is 8.62. The maximum absolute atomic E-state index is 6.52. The maximum atomic E-state index is 6.52. The topological polar surface area (TPSA) is 27.7 Å². The lowest BCUT2D eigenvalue weighted by Gasteiger charge is -2.34. The van der Waals surface area contributed by atoms with Crippen molar-refractivity contribution in [1.82, 2.24) is 0 Å². The zero-order chi connectivity index (χ0) is 23.4. The van der Waals surface area contributed by atoms with E-state index in [9.17, 15) is 0 Å². The van der Waals surface area contributed by atoms with Crippen LogP contribution in [-0.2, 0) is 11.3 Å². The van der Waals surface area contributed by atoms with Crippen LogP contribution in [-0.4, -0.2) is 11.9 Å². The summed E-state index contributed by atoms with van der Waals surface area (Å²) in [6.45, 7) is 2.72. The highest BCUT2D eigenvalue weighted by atomic mass is 35.5. The van der Waals surface area contributed by atoms with Gasteiger partial charge >= 0.3 is 0 Å². The van der Waals surface area contributed by atoms with Crippen LogP contribution in [0.3, 0.4) is 0 Å². The van der Waals surface area contributed by atoms with Crippen molar-refractivity contribution in [2.24, 2.45) is 0 Å². The Bertz CT molecular complexity index is 1210. The van der Waals surface area contributed by atoms with Crippen molar-refractivity contribution in [2.75, 3.05) is 6.61 Å². The van der Waals surface area contributed by atoms with Gasteiger partial charge in [-0.05, 0) is 46.5 Å². The third-order valence-corrected chi connectivity index (χ3v) is 6.37. The van der Waals surface area contributed by atoms with E-state index in [1.807, 2.05) is 60.7 Å². The number of fused-ring (bicyclic) bond motifs is 1. The maximum Gasteiger partial charge on any atom is 0.287 e. The van der Waals surface area contributed by atoms with Crippen LogP contribution in [0, 0.1) is 0 Å². The molecule has 34 heavy (non-hydrogen) atoms. The van der Waals surface area contributed by atoms with Gasteiger partial charge in [0, 0.05) is 24.3 Å². The van der Waals surface area contributed by atoms with Crippen LogP contribution >= 0.6 is 11.6 Å². The number of benzene rings is 4. The van der Waals surface area contributed by atoms with E-state index in [-0.39, 0.29) is 11.8 Å². The molecule has 0 aromatic heterocycles. The Kier molecular flexibility index (Phi) is 6.57. The SMILES string of the molecule is CC(Cl)(OCc1ccccc1)Oc1ccc(C2c3ccccc3OCC2c2ccccc2)cc1. The molecule has 3 atom stereocenters. The van der Waals surface area contributed by atoms with Gasteiger partial charge < -0.3 is 14.2 Å². The van der Waals surface area contributed by atoms with Gasteiger partial charge in [-0.15, -0.1) is 0 Å². The van der Waals surface area contributed by atoms with Crippen LogP contribution in [0.5, 0.6) is 11.5 Å². The predicted molar refractivity (Wildman–Crippen MR) is 136 cm³/mol. The van der Waals surface area contributed by atoms with Crippen molar-refractivity contribution >= 4 is 11.6 Å². The van der Waals surface area contributed by atoms with E-state index in [1.54, 1.807) is 6.92 Å².